The molecule has 1 unspecified atom stereocenters. The molecule has 1 aromatic rings. The standard InChI is InChI=1S/C15H18F3N3/c1-20(2)10-13-4-3-7-21(13)14-6-5-12(15(16,17)18)8-11(14)9-19/h5-6,8,13H,3-4,7,10H2,1-2H3. The van der Waals surface area contributed by atoms with Crippen molar-refractivity contribution in [3.8, 4) is 6.07 Å². The fourth-order valence-corrected chi connectivity index (χ4v) is 2.82. The van der Waals surface area contributed by atoms with Gasteiger partial charge in [-0.2, -0.15) is 18.4 Å². The highest BCUT2D eigenvalue weighted by molar-refractivity contribution is 5.62. The number of rotatable bonds is 3. The number of hydrogen-bond acceptors (Lipinski definition) is 3. The van der Waals surface area contributed by atoms with E-state index in [0.29, 0.717) is 5.69 Å². The normalized spacial score (nSPS) is 19.1. The van der Waals surface area contributed by atoms with Crippen molar-refractivity contribution in [2.24, 2.45) is 0 Å². The van der Waals surface area contributed by atoms with Crippen molar-refractivity contribution < 1.29 is 13.2 Å². The van der Waals surface area contributed by atoms with Crippen molar-refractivity contribution >= 4 is 5.69 Å². The number of anilines is 1. The molecule has 0 N–H and O–H groups in total. The van der Waals surface area contributed by atoms with E-state index in [2.05, 4.69) is 9.80 Å². The van der Waals surface area contributed by atoms with E-state index in [4.69, 9.17) is 0 Å². The number of nitrogens with zero attached hydrogens (tertiary/aromatic N) is 3. The molecule has 1 heterocycles. The molecule has 1 aliphatic rings. The molecule has 1 saturated heterocycles. The molecule has 0 spiro atoms. The summed E-state index contributed by atoms with van der Waals surface area (Å²) in [5.41, 5.74) is -0.0727. The Morgan fingerprint density at radius 1 is 1.38 bits per heavy atom. The first-order chi connectivity index (χ1) is 9.82. The highest BCUT2D eigenvalue weighted by atomic mass is 19.4. The van der Waals surface area contributed by atoms with Crippen molar-refractivity contribution in [2.75, 3.05) is 32.1 Å². The molecule has 1 aliphatic heterocycles. The number of nitriles is 1. The lowest BCUT2D eigenvalue weighted by Crippen LogP contribution is -2.38. The summed E-state index contributed by atoms with van der Waals surface area (Å²) in [5.74, 6) is 0. The number of alkyl halides is 3. The van der Waals surface area contributed by atoms with Crippen LogP contribution in [-0.4, -0.2) is 38.1 Å². The SMILES string of the molecule is CN(C)CC1CCCN1c1ccc(C(F)(F)F)cc1C#N. The van der Waals surface area contributed by atoms with Crippen molar-refractivity contribution in [3.63, 3.8) is 0 Å². The smallest absolute Gasteiger partial charge is 0.366 e. The average Bonchev–Trinajstić information content (AvgIpc) is 2.84. The van der Waals surface area contributed by atoms with Crippen LogP contribution in [0.3, 0.4) is 0 Å². The quantitative estimate of drug-likeness (QED) is 0.859. The predicted molar refractivity (Wildman–Crippen MR) is 75.1 cm³/mol. The average molecular weight is 297 g/mol. The fourth-order valence-electron chi connectivity index (χ4n) is 2.82. The van der Waals surface area contributed by atoms with Crippen molar-refractivity contribution in [1.82, 2.24) is 4.90 Å². The first kappa shape index (κ1) is 15.6. The van der Waals surface area contributed by atoms with E-state index in [1.54, 1.807) is 0 Å². The third-order valence-electron chi connectivity index (χ3n) is 3.71. The van der Waals surface area contributed by atoms with Crippen LogP contribution in [0, 0.1) is 11.3 Å². The highest BCUT2D eigenvalue weighted by Crippen LogP contribution is 2.34. The van der Waals surface area contributed by atoms with E-state index in [0.717, 1.165) is 38.1 Å². The molecule has 0 aromatic heterocycles. The minimum Gasteiger partial charge on any atom is -0.366 e. The van der Waals surface area contributed by atoms with Crippen LogP contribution in [0.2, 0.25) is 0 Å². The van der Waals surface area contributed by atoms with Crippen molar-refractivity contribution in [3.05, 3.63) is 29.3 Å². The van der Waals surface area contributed by atoms with Gasteiger partial charge in [-0.05, 0) is 45.1 Å². The second-order valence-corrected chi connectivity index (χ2v) is 5.59. The van der Waals surface area contributed by atoms with Crippen LogP contribution >= 0.6 is 0 Å². The molecule has 6 heteroatoms. The number of halogens is 3. The summed E-state index contributed by atoms with van der Waals surface area (Å²) < 4.78 is 38.2. The first-order valence-electron chi connectivity index (χ1n) is 6.85. The third kappa shape index (κ3) is 3.48. The van der Waals surface area contributed by atoms with Gasteiger partial charge < -0.3 is 9.80 Å². The van der Waals surface area contributed by atoms with Gasteiger partial charge in [0.25, 0.3) is 0 Å². The summed E-state index contributed by atoms with van der Waals surface area (Å²) in [5, 5.41) is 9.18. The highest BCUT2D eigenvalue weighted by Gasteiger charge is 2.33. The van der Waals surface area contributed by atoms with Crippen molar-refractivity contribution in [1.29, 1.82) is 5.26 Å². The van der Waals surface area contributed by atoms with Crippen LogP contribution in [0.5, 0.6) is 0 Å². The first-order valence-corrected chi connectivity index (χ1v) is 6.85. The molecule has 3 nitrogen and oxygen atoms in total. The van der Waals surface area contributed by atoms with E-state index in [1.807, 2.05) is 20.2 Å². The van der Waals surface area contributed by atoms with Gasteiger partial charge in [0.2, 0.25) is 0 Å². The molecule has 0 amide bonds. The van der Waals surface area contributed by atoms with E-state index in [1.165, 1.54) is 6.07 Å². The fraction of sp³-hybridized carbons (Fsp3) is 0.533. The molecule has 2 rings (SSSR count). The van der Waals surface area contributed by atoms with Gasteiger partial charge >= 0.3 is 6.18 Å². The van der Waals surface area contributed by atoms with Gasteiger partial charge in [0, 0.05) is 19.1 Å². The molecule has 0 saturated carbocycles. The maximum atomic E-state index is 12.7. The lowest BCUT2D eigenvalue weighted by molar-refractivity contribution is -0.137. The molecule has 114 valence electrons. The molecule has 0 bridgehead atoms. The molecule has 1 aromatic carbocycles. The maximum Gasteiger partial charge on any atom is 0.416 e. The minimum absolute atomic E-state index is 0.0930. The summed E-state index contributed by atoms with van der Waals surface area (Å²) in [7, 11) is 3.93. The van der Waals surface area contributed by atoms with Crippen LogP contribution < -0.4 is 4.90 Å². The third-order valence-corrected chi connectivity index (χ3v) is 3.71. The lowest BCUT2D eigenvalue weighted by atomic mass is 10.1. The molecular formula is C15H18F3N3. The van der Waals surface area contributed by atoms with E-state index in [9.17, 15) is 18.4 Å². The Bertz CT molecular complexity index is 546. The maximum absolute atomic E-state index is 12.7. The molecular weight excluding hydrogens is 279 g/mol. The van der Waals surface area contributed by atoms with Crippen molar-refractivity contribution in [2.45, 2.75) is 25.1 Å². The van der Waals surface area contributed by atoms with Crippen LogP contribution in [0.15, 0.2) is 18.2 Å². The predicted octanol–water partition coefficient (Wildman–Crippen LogP) is 3.11. The van der Waals surface area contributed by atoms with Gasteiger partial charge in [0.05, 0.1) is 16.8 Å². The molecule has 1 atom stereocenters. The Kier molecular flexibility index (Phi) is 4.43. The molecule has 21 heavy (non-hydrogen) atoms. The summed E-state index contributed by atoms with van der Waals surface area (Å²) in [6.07, 6.45) is -2.44. The van der Waals surface area contributed by atoms with Gasteiger partial charge in [0.15, 0.2) is 0 Å². The van der Waals surface area contributed by atoms with Gasteiger partial charge in [0.1, 0.15) is 6.07 Å². The van der Waals surface area contributed by atoms with Gasteiger partial charge in [-0.25, -0.2) is 0 Å². The van der Waals surface area contributed by atoms with Crippen LogP contribution in [0.1, 0.15) is 24.0 Å². The zero-order valence-electron chi connectivity index (χ0n) is 12.1. The Labute approximate surface area is 122 Å². The number of likely N-dealkylation sites (N-methyl/N-ethyl adjacent to an activating group) is 1. The molecule has 0 aliphatic carbocycles. The van der Waals surface area contributed by atoms with Gasteiger partial charge in [-0.3, -0.25) is 0 Å². The van der Waals surface area contributed by atoms with Gasteiger partial charge in [-0.1, -0.05) is 0 Å². The molecule has 1 fully saturated rings. The van der Waals surface area contributed by atoms with E-state index >= 15 is 0 Å². The Hall–Kier alpha value is -1.74. The van der Waals surface area contributed by atoms with Crippen LogP contribution in [0.25, 0.3) is 0 Å². The van der Waals surface area contributed by atoms with E-state index in [-0.39, 0.29) is 11.6 Å². The second kappa shape index (κ2) is 5.94. The Morgan fingerprint density at radius 3 is 2.67 bits per heavy atom. The van der Waals surface area contributed by atoms with Crippen LogP contribution in [0.4, 0.5) is 18.9 Å². The Morgan fingerprint density at radius 2 is 2.10 bits per heavy atom. The number of benzene rings is 1. The van der Waals surface area contributed by atoms with Crippen LogP contribution in [-0.2, 0) is 6.18 Å². The molecule has 0 radical (unpaired) electrons. The Balaban J connectivity index is 2.33. The summed E-state index contributed by atoms with van der Waals surface area (Å²) in [6, 6.07) is 5.57. The topological polar surface area (TPSA) is 30.3 Å². The second-order valence-electron chi connectivity index (χ2n) is 5.59. The van der Waals surface area contributed by atoms with Gasteiger partial charge in [-0.15, -0.1) is 0 Å². The zero-order chi connectivity index (χ0) is 15.6. The monoisotopic (exact) mass is 297 g/mol. The summed E-state index contributed by atoms with van der Waals surface area (Å²) >= 11 is 0. The van der Waals surface area contributed by atoms with E-state index < -0.39 is 11.7 Å². The largest absolute Gasteiger partial charge is 0.416 e. The lowest BCUT2D eigenvalue weighted by Gasteiger charge is -2.30. The summed E-state index contributed by atoms with van der Waals surface area (Å²) in [6.45, 7) is 1.60. The number of hydrogen-bond donors (Lipinski definition) is 0. The zero-order valence-corrected chi connectivity index (χ0v) is 12.1. The summed E-state index contributed by atoms with van der Waals surface area (Å²) in [4.78, 5) is 4.11. The minimum atomic E-state index is -4.42.